The predicted molar refractivity (Wildman–Crippen MR) is 121 cm³/mol. The molecule has 0 aromatic carbocycles. The average Bonchev–Trinajstić information content (AvgIpc) is 2.74. The molecule has 0 aromatic heterocycles. The molecule has 0 aliphatic carbocycles. The van der Waals surface area contributed by atoms with Crippen LogP contribution >= 0.6 is 0 Å². The Balaban J connectivity index is 1.49. The number of carbonyl (C=O) groups excluding carboxylic acids is 2. The van der Waals surface area contributed by atoms with E-state index in [9.17, 15) is 9.59 Å². The van der Waals surface area contributed by atoms with Crippen LogP contribution in [0.5, 0.6) is 0 Å². The molecule has 6 nitrogen and oxygen atoms in total. The first-order chi connectivity index (χ1) is 14.9. The minimum Gasteiger partial charge on any atom is -0.452 e. The summed E-state index contributed by atoms with van der Waals surface area (Å²) in [5, 5.41) is 0. The van der Waals surface area contributed by atoms with Crippen molar-refractivity contribution in [3.63, 3.8) is 0 Å². The molecule has 0 aromatic rings. The molecule has 0 bridgehead atoms. The number of carbonyl (C=O) groups is 2. The second-order valence-corrected chi connectivity index (χ2v) is 9.45. The Morgan fingerprint density at radius 3 is 1.42 bits per heavy atom. The topological polar surface area (TPSA) is 52.6 Å². The molecule has 0 N–H and O–H groups in total. The number of esters is 2. The van der Waals surface area contributed by atoms with Crippen molar-refractivity contribution in [1.82, 2.24) is 0 Å². The van der Waals surface area contributed by atoms with E-state index in [2.05, 4.69) is 37.8 Å². The quantitative estimate of drug-likeness (QED) is 0.336. The van der Waals surface area contributed by atoms with Crippen LogP contribution in [-0.4, -0.2) is 87.5 Å². The van der Waals surface area contributed by atoms with Crippen LogP contribution in [0.25, 0.3) is 0 Å². The molecule has 2 heterocycles. The zero-order chi connectivity index (χ0) is 22.4. The largest absolute Gasteiger partial charge is 0.452 e. The lowest BCUT2D eigenvalue weighted by Crippen LogP contribution is -2.48. The number of hydrogen-bond acceptors (Lipinski definition) is 4. The number of ether oxygens (including phenoxy) is 2. The smallest absolute Gasteiger partial charge is 0.306 e. The number of nitrogens with zero attached hydrogens (tertiary/aromatic N) is 2. The fourth-order valence-electron chi connectivity index (χ4n) is 4.22. The van der Waals surface area contributed by atoms with E-state index >= 15 is 0 Å². The molecule has 2 aliphatic rings. The van der Waals surface area contributed by atoms with Gasteiger partial charge in [0.25, 0.3) is 0 Å². The number of quaternary nitrogens is 2. The van der Waals surface area contributed by atoms with Crippen LogP contribution in [0.2, 0.25) is 0 Å². The highest BCUT2D eigenvalue weighted by molar-refractivity contribution is 5.72. The summed E-state index contributed by atoms with van der Waals surface area (Å²) < 4.78 is 12.2. The lowest BCUT2D eigenvalue weighted by molar-refractivity contribution is -0.907. The third-order valence-electron chi connectivity index (χ3n) is 6.34. The standard InChI is InChI=1S/C25H40N2O4/c1-26(16-5-3-6-17-26)20-9-11-22-30-24(28)14-13-15-25(29)31-23-12-10-21-27(2)18-7-4-8-19-27/h3-8,13-23H2,1-2H3/q+2. The van der Waals surface area contributed by atoms with Crippen molar-refractivity contribution in [1.29, 1.82) is 0 Å². The summed E-state index contributed by atoms with van der Waals surface area (Å²) in [7, 11) is 4.47. The van der Waals surface area contributed by atoms with Crippen LogP contribution in [0.4, 0.5) is 0 Å². The van der Waals surface area contributed by atoms with Crippen LogP contribution in [0.3, 0.4) is 0 Å². The van der Waals surface area contributed by atoms with E-state index in [1.54, 1.807) is 0 Å². The van der Waals surface area contributed by atoms with E-state index in [1.807, 2.05) is 0 Å². The van der Waals surface area contributed by atoms with Crippen LogP contribution in [0.1, 0.15) is 57.8 Å². The third-order valence-corrected chi connectivity index (χ3v) is 6.34. The zero-order valence-electron chi connectivity index (χ0n) is 19.5. The van der Waals surface area contributed by atoms with Crippen LogP contribution in [0.15, 0.2) is 0 Å². The molecule has 31 heavy (non-hydrogen) atoms. The first-order valence-corrected chi connectivity index (χ1v) is 11.8. The van der Waals surface area contributed by atoms with Gasteiger partial charge < -0.3 is 18.4 Å². The summed E-state index contributed by atoms with van der Waals surface area (Å²) in [5.41, 5.74) is 0. The fourth-order valence-corrected chi connectivity index (χ4v) is 4.22. The Hall–Kier alpha value is -2.02. The summed E-state index contributed by atoms with van der Waals surface area (Å²) in [6.07, 6.45) is 8.52. The SMILES string of the molecule is C[N+]1(CC#CCOC(=O)CCCC(=O)OCC#CC[N+]2(C)CCCCC2)CCCCC1. The molecule has 0 atom stereocenters. The van der Waals surface area contributed by atoms with E-state index in [1.165, 1.54) is 64.7 Å². The first kappa shape index (κ1) is 25.2. The summed E-state index contributed by atoms with van der Waals surface area (Å²) in [4.78, 5) is 23.5. The second kappa shape index (κ2) is 13.4. The van der Waals surface area contributed by atoms with Gasteiger partial charge in [-0.05, 0) is 56.8 Å². The van der Waals surface area contributed by atoms with Gasteiger partial charge in [0, 0.05) is 12.8 Å². The Labute approximate surface area is 188 Å². The van der Waals surface area contributed by atoms with Gasteiger partial charge in [-0.15, -0.1) is 0 Å². The maximum Gasteiger partial charge on any atom is 0.306 e. The number of piperidine rings is 2. The highest BCUT2D eigenvalue weighted by Crippen LogP contribution is 2.15. The van der Waals surface area contributed by atoms with E-state index in [0.29, 0.717) is 6.42 Å². The van der Waals surface area contributed by atoms with Crippen molar-refractivity contribution in [2.75, 3.05) is 66.6 Å². The molecule has 0 unspecified atom stereocenters. The predicted octanol–water partition coefficient (Wildman–Crippen LogP) is 2.51. The molecule has 2 rings (SSSR count). The number of hydrogen-bond donors (Lipinski definition) is 0. The van der Waals surface area contributed by atoms with Gasteiger partial charge in [-0.2, -0.15) is 0 Å². The van der Waals surface area contributed by atoms with Crippen molar-refractivity contribution in [3.8, 4) is 23.7 Å². The lowest BCUT2D eigenvalue weighted by Gasteiger charge is -2.35. The summed E-state index contributed by atoms with van der Waals surface area (Å²) in [5.74, 6) is 11.5. The van der Waals surface area contributed by atoms with Gasteiger partial charge in [-0.3, -0.25) is 9.59 Å². The average molecular weight is 433 g/mol. The second-order valence-electron chi connectivity index (χ2n) is 9.45. The van der Waals surface area contributed by atoms with Gasteiger partial charge >= 0.3 is 11.9 Å². The van der Waals surface area contributed by atoms with Gasteiger partial charge in [0.05, 0.1) is 40.3 Å². The molecule has 0 saturated carbocycles. The fraction of sp³-hybridized carbons (Fsp3) is 0.760. The first-order valence-electron chi connectivity index (χ1n) is 11.8. The minimum absolute atomic E-state index is 0.121. The minimum atomic E-state index is -0.321. The van der Waals surface area contributed by atoms with Gasteiger partial charge in [0.15, 0.2) is 13.2 Å². The van der Waals surface area contributed by atoms with Crippen molar-refractivity contribution in [2.45, 2.75) is 57.8 Å². The van der Waals surface area contributed by atoms with Gasteiger partial charge in [-0.25, -0.2) is 0 Å². The maximum atomic E-state index is 11.8. The van der Waals surface area contributed by atoms with Crippen LogP contribution in [0, 0.1) is 23.7 Å². The molecule has 172 valence electrons. The van der Waals surface area contributed by atoms with Crippen molar-refractivity contribution in [2.24, 2.45) is 0 Å². The van der Waals surface area contributed by atoms with E-state index in [4.69, 9.17) is 9.47 Å². The summed E-state index contributed by atoms with van der Waals surface area (Å²) >= 11 is 0. The third kappa shape index (κ3) is 10.7. The zero-order valence-corrected chi connectivity index (χ0v) is 19.5. The highest BCUT2D eigenvalue weighted by Gasteiger charge is 2.23. The molecule has 6 heteroatoms. The molecule has 2 fully saturated rings. The number of likely N-dealkylation sites (tertiary alicyclic amines) is 2. The van der Waals surface area contributed by atoms with E-state index in [-0.39, 0.29) is 38.0 Å². The monoisotopic (exact) mass is 432 g/mol. The summed E-state index contributed by atoms with van der Waals surface area (Å²) in [6.45, 7) is 6.56. The molecular formula is C25H40N2O4+2. The lowest BCUT2D eigenvalue weighted by atomic mass is 10.1. The Morgan fingerprint density at radius 2 is 1.03 bits per heavy atom. The van der Waals surface area contributed by atoms with Crippen LogP contribution in [-0.2, 0) is 19.1 Å². The maximum absolute atomic E-state index is 11.8. The molecule has 0 spiro atoms. The Kier molecular flexibility index (Phi) is 10.9. The highest BCUT2D eigenvalue weighted by atomic mass is 16.5. The van der Waals surface area contributed by atoms with Crippen molar-refractivity contribution < 1.29 is 28.0 Å². The Morgan fingerprint density at radius 1 is 0.645 bits per heavy atom. The number of rotatable bonds is 8. The van der Waals surface area contributed by atoms with Gasteiger partial charge in [0.1, 0.15) is 13.1 Å². The van der Waals surface area contributed by atoms with Crippen LogP contribution < -0.4 is 0 Å². The molecule has 2 saturated heterocycles. The van der Waals surface area contributed by atoms with Gasteiger partial charge in [0.2, 0.25) is 0 Å². The van der Waals surface area contributed by atoms with E-state index < -0.39 is 0 Å². The van der Waals surface area contributed by atoms with E-state index in [0.717, 1.165) is 22.1 Å². The van der Waals surface area contributed by atoms with Crippen molar-refractivity contribution in [3.05, 3.63) is 0 Å². The molecule has 2 aliphatic heterocycles. The van der Waals surface area contributed by atoms with Gasteiger partial charge in [-0.1, -0.05) is 11.8 Å². The molecule has 0 amide bonds. The Bertz CT molecular complexity index is 639. The summed E-state index contributed by atoms with van der Waals surface area (Å²) in [6, 6.07) is 0. The molecular weight excluding hydrogens is 392 g/mol. The normalized spacial score (nSPS) is 19.2. The van der Waals surface area contributed by atoms with Crippen molar-refractivity contribution >= 4 is 11.9 Å². The molecule has 0 radical (unpaired) electrons.